The minimum absolute atomic E-state index is 0.0437. The standard InChI is InChI=1S/C14H23N5O2/c1-9(2)7-19-10(3)12(6-16-19)13(20)17-11-4-5-18(8-11)14(15)21/h6,9,11H,4-5,7-8H2,1-3H3,(H2,15,21)(H,17,20). The lowest BCUT2D eigenvalue weighted by Gasteiger charge is -2.14. The van der Waals surface area contributed by atoms with Gasteiger partial charge >= 0.3 is 6.03 Å². The summed E-state index contributed by atoms with van der Waals surface area (Å²) in [6, 6.07) is -0.481. The second kappa shape index (κ2) is 6.15. The molecule has 21 heavy (non-hydrogen) atoms. The van der Waals surface area contributed by atoms with Gasteiger partial charge in [-0.3, -0.25) is 9.48 Å². The zero-order chi connectivity index (χ0) is 15.6. The molecule has 2 rings (SSSR count). The Labute approximate surface area is 124 Å². The molecule has 1 aliphatic rings. The Morgan fingerprint density at radius 1 is 1.52 bits per heavy atom. The number of nitrogens with one attached hydrogen (secondary N) is 1. The number of hydrogen-bond donors (Lipinski definition) is 2. The predicted molar refractivity (Wildman–Crippen MR) is 78.8 cm³/mol. The molecule has 2 heterocycles. The highest BCUT2D eigenvalue weighted by molar-refractivity contribution is 5.95. The van der Waals surface area contributed by atoms with Crippen LogP contribution >= 0.6 is 0 Å². The number of amides is 3. The van der Waals surface area contributed by atoms with E-state index in [0.717, 1.165) is 18.7 Å². The summed E-state index contributed by atoms with van der Waals surface area (Å²) in [6.07, 6.45) is 2.34. The third kappa shape index (κ3) is 3.53. The molecule has 116 valence electrons. The van der Waals surface area contributed by atoms with Crippen molar-refractivity contribution in [2.24, 2.45) is 11.7 Å². The molecule has 1 aromatic heterocycles. The van der Waals surface area contributed by atoms with Gasteiger partial charge in [0.05, 0.1) is 11.8 Å². The molecule has 0 saturated carbocycles. The molecule has 1 atom stereocenters. The van der Waals surface area contributed by atoms with Gasteiger partial charge in [-0.15, -0.1) is 0 Å². The van der Waals surface area contributed by atoms with Gasteiger partial charge in [-0.1, -0.05) is 13.8 Å². The smallest absolute Gasteiger partial charge is 0.314 e. The summed E-state index contributed by atoms with van der Waals surface area (Å²) in [4.78, 5) is 24.9. The lowest BCUT2D eigenvalue weighted by atomic mass is 10.2. The SMILES string of the molecule is Cc1c(C(=O)NC2CCN(C(N)=O)C2)cnn1CC(C)C. The van der Waals surface area contributed by atoms with E-state index in [-0.39, 0.29) is 11.9 Å². The van der Waals surface area contributed by atoms with Gasteiger partial charge in [0.2, 0.25) is 0 Å². The van der Waals surface area contributed by atoms with Crippen LogP contribution in [-0.4, -0.2) is 45.8 Å². The first-order valence-corrected chi connectivity index (χ1v) is 7.26. The molecule has 1 unspecified atom stereocenters. The van der Waals surface area contributed by atoms with Crippen molar-refractivity contribution in [3.05, 3.63) is 17.5 Å². The topological polar surface area (TPSA) is 93.2 Å². The molecule has 0 bridgehead atoms. The van der Waals surface area contributed by atoms with Crippen LogP contribution in [-0.2, 0) is 6.54 Å². The van der Waals surface area contributed by atoms with Crippen LogP contribution in [0.25, 0.3) is 0 Å². The Kier molecular flexibility index (Phi) is 4.50. The van der Waals surface area contributed by atoms with Crippen LogP contribution in [0.5, 0.6) is 0 Å². The second-order valence-corrected chi connectivity index (χ2v) is 5.96. The van der Waals surface area contributed by atoms with Crippen molar-refractivity contribution < 1.29 is 9.59 Å². The largest absolute Gasteiger partial charge is 0.351 e. The van der Waals surface area contributed by atoms with Crippen molar-refractivity contribution in [3.8, 4) is 0 Å². The summed E-state index contributed by atoms with van der Waals surface area (Å²) in [5, 5.41) is 7.21. The van der Waals surface area contributed by atoms with Gasteiger partial charge < -0.3 is 16.0 Å². The third-order valence-corrected chi connectivity index (χ3v) is 3.72. The van der Waals surface area contributed by atoms with Gasteiger partial charge in [0.15, 0.2) is 0 Å². The quantitative estimate of drug-likeness (QED) is 0.857. The number of aromatic nitrogens is 2. The van der Waals surface area contributed by atoms with Crippen molar-refractivity contribution in [1.82, 2.24) is 20.0 Å². The number of nitrogens with zero attached hydrogens (tertiary/aromatic N) is 3. The number of hydrogen-bond acceptors (Lipinski definition) is 3. The minimum atomic E-state index is -0.437. The average molecular weight is 293 g/mol. The highest BCUT2D eigenvalue weighted by Gasteiger charge is 2.27. The number of urea groups is 1. The van der Waals surface area contributed by atoms with Crippen LogP contribution in [0.4, 0.5) is 4.79 Å². The van der Waals surface area contributed by atoms with Crippen LogP contribution in [0.2, 0.25) is 0 Å². The van der Waals surface area contributed by atoms with E-state index >= 15 is 0 Å². The Balaban J connectivity index is 1.98. The molecule has 1 saturated heterocycles. The molecule has 0 aliphatic carbocycles. The Morgan fingerprint density at radius 2 is 2.24 bits per heavy atom. The number of rotatable bonds is 4. The van der Waals surface area contributed by atoms with Crippen LogP contribution in [0.1, 0.15) is 36.3 Å². The molecule has 1 fully saturated rings. The van der Waals surface area contributed by atoms with E-state index in [4.69, 9.17) is 5.73 Å². The zero-order valence-corrected chi connectivity index (χ0v) is 12.8. The molecular weight excluding hydrogens is 270 g/mol. The molecule has 0 spiro atoms. The van der Waals surface area contributed by atoms with Gasteiger partial charge in [0.25, 0.3) is 5.91 Å². The van der Waals surface area contributed by atoms with Crippen molar-refractivity contribution in [3.63, 3.8) is 0 Å². The van der Waals surface area contributed by atoms with Crippen molar-refractivity contribution in [2.45, 2.75) is 39.8 Å². The molecule has 7 heteroatoms. The number of carbonyl (C=O) groups excluding carboxylic acids is 2. The summed E-state index contributed by atoms with van der Waals surface area (Å²) in [5.41, 5.74) is 6.69. The van der Waals surface area contributed by atoms with Gasteiger partial charge in [0.1, 0.15) is 0 Å². The van der Waals surface area contributed by atoms with Gasteiger partial charge in [0, 0.05) is 31.4 Å². The molecule has 7 nitrogen and oxygen atoms in total. The molecule has 3 amide bonds. The molecule has 3 N–H and O–H groups in total. The van der Waals surface area contributed by atoms with Crippen molar-refractivity contribution >= 4 is 11.9 Å². The molecule has 1 aromatic rings. The summed E-state index contributed by atoms with van der Waals surface area (Å²) in [5.74, 6) is 0.331. The summed E-state index contributed by atoms with van der Waals surface area (Å²) in [6.45, 7) is 7.97. The first-order valence-electron chi connectivity index (χ1n) is 7.26. The number of nitrogens with two attached hydrogens (primary N) is 1. The van der Waals surface area contributed by atoms with Gasteiger partial charge in [-0.25, -0.2) is 4.79 Å². The van der Waals surface area contributed by atoms with E-state index < -0.39 is 6.03 Å². The van der Waals surface area contributed by atoms with Crippen LogP contribution < -0.4 is 11.1 Å². The lowest BCUT2D eigenvalue weighted by molar-refractivity contribution is 0.0937. The van der Waals surface area contributed by atoms with Crippen molar-refractivity contribution in [2.75, 3.05) is 13.1 Å². The van der Waals surface area contributed by atoms with Crippen LogP contribution in [0.15, 0.2) is 6.20 Å². The molecule has 0 aromatic carbocycles. The highest BCUT2D eigenvalue weighted by atomic mass is 16.2. The Bertz CT molecular complexity index is 537. The first-order chi connectivity index (χ1) is 9.88. The maximum atomic E-state index is 12.3. The van der Waals surface area contributed by atoms with E-state index in [1.54, 1.807) is 11.1 Å². The van der Waals surface area contributed by atoms with E-state index in [2.05, 4.69) is 24.3 Å². The fourth-order valence-corrected chi connectivity index (χ4v) is 2.54. The second-order valence-electron chi connectivity index (χ2n) is 5.96. The molecule has 0 radical (unpaired) electrons. The van der Waals surface area contributed by atoms with Crippen LogP contribution in [0, 0.1) is 12.8 Å². The monoisotopic (exact) mass is 293 g/mol. The fraction of sp³-hybridized carbons (Fsp3) is 0.643. The van der Waals surface area contributed by atoms with Gasteiger partial charge in [-0.05, 0) is 19.3 Å². The predicted octanol–water partition coefficient (Wildman–Crippen LogP) is 0.730. The average Bonchev–Trinajstić information content (AvgIpc) is 2.97. The highest BCUT2D eigenvalue weighted by Crippen LogP contribution is 2.13. The van der Waals surface area contributed by atoms with E-state index in [9.17, 15) is 9.59 Å². The maximum absolute atomic E-state index is 12.3. The molecule has 1 aliphatic heterocycles. The third-order valence-electron chi connectivity index (χ3n) is 3.72. The minimum Gasteiger partial charge on any atom is -0.351 e. The normalized spacial score (nSPS) is 18.3. The van der Waals surface area contributed by atoms with E-state index in [0.29, 0.717) is 24.6 Å². The lowest BCUT2D eigenvalue weighted by Crippen LogP contribution is -2.40. The van der Waals surface area contributed by atoms with E-state index in [1.165, 1.54) is 0 Å². The Morgan fingerprint density at radius 3 is 2.81 bits per heavy atom. The number of carbonyl (C=O) groups is 2. The summed E-state index contributed by atoms with van der Waals surface area (Å²) >= 11 is 0. The van der Waals surface area contributed by atoms with E-state index in [1.807, 2.05) is 11.6 Å². The maximum Gasteiger partial charge on any atom is 0.314 e. The first kappa shape index (κ1) is 15.3. The van der Waals surface area contributed by atoms with Crippen LogP contribution in [0.3, 0.4) is 0 Å². The zero-order valence-electron chi connectivity index (χ0n) is 12.8. The summed E-state index contributed by atoms with van der Waals surface area (Å²) < 4.78 is 1.85. The number of likely N-dealkylation sites (tertiary alicyclic amines) is 1. The van der Waals surface area contributed by atoms with Crippen molar-refractivity contribution in [1.29, 1.82) is 0 Å². The number of primary amides is 1. The Hall–Kier alpha value is -2.05. The molecular formula is C14H23N5O2. The fourth-order valence-electron chi connectivity index (χ4n) is 2.54. The summed E-state index contributed by atoms with van der Waals surface area (Å²) in [7, 11) is 0. The van der Waals surface area contributed by atoms with Gasteiger partial charge in [-0.2, -0.15) is 5.10 Å².